The Balaban J connectivity index is 1.20. The molecule has 224 valence electrons. The number of anilines is 3. The quantitative estimate of drug-likeness (QED) is 0.176. The van der Waals surface area contributed by atoms with Gasteiger partial charge in [0.1, 0.15) is 0 Å². The summed E-state index contributed by atoms with van der Waals surface area (Å²) in [6, 6.07) is 64.6. The van der Waals surface area contributed by atoms with E-state index in [4.69, 9.17) is 0 Å². The van der Waals surface area contributed by atoms with Gasteiger partial charge in [-0.05, 0) is 103 Å². The maximum absolute atomic E-state index is 2.41. The topological polar surface area (TPSA) is 3.24 Å². The first-order chi connectivity index (χ1) is 23.8. The second kappa shape index (κ2) is 10.8. The Morgan fingerprint density at radius 2 is 0.896 bits per heavy atom. The first kappa shape index (κ1) is 27.2. The highest BCUT2D eigenvalue weighted by molar-refractivity contribution is 7.26. The molecule has 0 N–H and O–H groups in total. The Kier molecular flexibility index (Phi) is 6.12. The van der Waals surface area contributed by atoms with Crippen LogP contribution in [0.4, 0.5) is 17.1 Å². The number of hydrogen-bond donors (Lipinski definition) is 0. The standard InChI is InChI=1S/C46H29NS/c1-2-9-30(10-3-1)33-12-8-13-36(27-33)47(38-23-25-41-35(29-38)21-26-44-46(41)42-15-6-7-16-43(42)48-44)37-22-24-40-34(28-37)20-19-32-18-17-31-11-4-5-14-39(31)45(32)40/h1-29H. The van der Waals surface area contributed by atoms with Crippen molar-refractivity contribution in [3.63, 3.8) is 0 Å². The highest BCUT2D eigenvalue weighted by Gasteiger charge is 2.17. The molecule has 0 aliphatic heterocycles. The molecule has 0 saturated heterocycles. The molecule has 0 fully saturated rings. The van der Waals surface area contributed by atoms with Crippen molar-refractivity contribution in [3.05, 3.63) is 176 Å². The third-order valence-electron chi connectivity index (χ3n) is 9.78. The highest BCUT2D eigenvalue weighted by atomic mass is 32.1. The van der Waals surface area contributed by atoms with Crippen molar-refractivity contribution in [1.82, 2.24) is 0 Å². The summed E-state index contributed by atoms with van der Waals surface area (Å²) in [5.41, 5.74) is 5.80. The Bertz CT molecular complexity index is 2850. The summed E-state index contributed by atoms with van der Waals surface area (Å²) in [5, 5.41) is 12.9. The van der Waals surface area contributed by atoms with Gasteiger partial charge in [0.2, 0.25) is 0 Å². The fraction of sp³-hybridized carbons (Fsp3) is 0. The summed E-state index contributed by atoms with van der Waals surface area (Å²) in [6.45, 7) is 0. The van der Waals surface area contributed by atoms with Crippen molar-refractivity contribution in [2.24, 2.45) is 0 Å². The van der Waals surface area contributed by atoms with Crippen molar-refractivity contribution >= 4 is 91.7 Å². The molecule has 0 radical (unpaired) electrons. The molecule has 1 heterocycles. The largest absolute Gasteiger partial charge is 0.310 e. The van der Waals surface area contributed by atoms with Crippen LogP contribution in [0, 0.1) is 0 Å². The van der Waals surface area contributed by atoms with Gasteiger partial charge in [0.15, 0.2) is 0 Å². The summed E-state index contributed by atoms with van der Waals surface area (Å²) in [5.74, 6) is 0. The molecule has 10 aromatic rings. The predicted octanol–water partition coefficient (Wildman–Crippen LogP) is 13.8. The van der Waals surface area contributed by atoms with E-state index in [-0.39, 0.29) is 0 Å². The van der Waals surface area contributed by atoms with Crippen LogP contribution in [0.25, 0.3) is 74.4 Å². The van der Waals surface area contributed by atoms with Gasteiger partial charge >= 0.3 is 0 Å². The van der Waals surface area contributed by atoms with E-state index < -0.39 is 0 Å². The number of rotatable bonds is 4. The number of benzene rings is 9. The predicted molar refractivity (Wildman–Crippen MR) is 209 cm³/mol. The van der Waals surface area contributed by atoms with Crippen molar-refractivity contribution in [2.75, 3.05) is 4.90 Å². The SMILES string of the molecule is c1ccc(-c2cccc(N(c3ccc4c(ccc5ccc6ccccc6c54)c3)c3ccc4c(ccc5sc6ccccc6c54)c3)c2)cc1. The maximum atomic E-state index is 2.41. The molecule has 0 aliphatic rings. The number of hydrogen-bond acceptors (Lipinski definition) is 2. The molecule has 0 atom stereocenters. The summed E-state index contributed by atoms with van der Waals surface area (Å²) in [6.07, 6.45) is 0. The first-order valence-electron chi connectivity index (χ1n) is 16.4. The van der Waals surface area contributed by atoms with Gasteiger partial charge in [-0.3, -0.25) is 0 Å². The lowest BCUT2D eigenvalue weighted by Gasteiger charge is -2.27. The Morgan fingerprint density at radius 3 is 1.71 bits per heavy atom. The molecular weight excluding hydrogens is 599 g/mol. The summed E-state index contributed by atoms with van der Waals surface area (Å²) >= 11 is 1.87. The Hall–Kier alpha value is -5.96. The van der Waals surface area contributed by atoms with E-state index in [1.54, 1.807) is 0 Å². The lowest BCUT2D eigenvalue weighted by atomic mass is 9.96. The van der Waals surface area contributed by atoms with E-state index in [9.17, 15) is 0 Å². The summed E-state index contributed by atoms with van der Waals surface area (Å²) < 4.78 is 2.66. The van der Waals surface area contributed by atoms with Crippen LogP contribution in [0.5, 0.6) is 0 Å². The van der Waals surface area contributed by atoms with Gasteiger partial charge in [-0.25, -0.2) is 0 Å². The molecule has 1 nitrogen and oxygen atoms in total. The third-order valence-corrected chi connectivity index (χ3v) is 10.9. The number of nitrogens with zero attached hydrogens (tertiary/aromatic N) is 1. The Morgan fingerprint density at radius 1 is 0.312 bits per heavy atom. The Labute approximate surface area is 282 Å². The molecule has 0 saturated carbocycles. The summed E-state index contributed by atoms with van der Waals surface area (Å²) in [7, 11) is 0. The van der Waals surface area contributed by atoms with Crippen molar-refractivity contribution < 1.29 is 0 Å². The lowest BCUT2D eigenvalue weighted by Crippen LogP contribution is -2.10. The van der Waals surface area contributed by atoms with Crippen molar-refractivity contribution in [2.45, 2.75) is 0 Å². The van der Waals surface area contributed by atoms with Gasteiger partial charge in [0.05, 0.1) is 0 Å². The van der Waals surface area contributed by atoms with E-state index in [1.807, 2.05) is 11.3 Å². The van der Waals surface area contributed by atoms with E-state index in [1.165, 1.54) is 74.4 Å². The molecule has 0 aliphatic carbocycles. The van der Waals surface area contributed by atoms with Crippen LogP contribution < -0.4 is 4.90 Å². The van der Waals surface area contributed by atoms with Crippen molar-refractivity contribution in [1.29, 1.82) is 0 Å². The smallest absolute Gasteiger partial charge is 0.0468 e. The molecule has 0 bridgehead atoms. The van der Waals surface area contributed by atoms with E-state index in [2.05, 4.69) is 181 Å². The van der Waals surface area contributed by atoms with Crippen LogP contribution >= 0.6 is 11.3 Å². The van der Waals surface area contributed by atoms with Crippen molar-refractivity contribution in [3.8, 4) is 11.1 Å². The van der Waals surface area contributed by atoms with Crippen LogP contribution in [0.15, 0.2) is 176 Å². The molecule has 9 aromatic carbocycles. The fourth-order valence-electron chi connectivity index (χ4n) is 7.54. The van der Waals surface area contributed by atoms with Crippen LogP contribution in [0.2, 0.25) is 0 Å². The summed E-state index contributed by atoms with van der Waals surface area (Å²) in [4.78, 5) is 2.41. The zero-order valence-corrected chi connectivity index (χ0v) is 26.9. The minimum absolute atomic E-state index is 1.13. The normalized spacial score (nSPS) is 11.8. The van der Waals surface area contributed by atoms with Gasteiger partial charge in [-0.15, -0.1) is 11.3 Å². The lowest BCUT2D eigenvalue weighted by molar-refractivity contribution is 1.29. The van der Waals surface area contributed by atoms with Crippen LogP contribution in [0.1, 0.15) is 0 Å². The third kappa shape index (κ3) is 4.31. The molecule has 48 heavy (non-hydrogen) atoms. The average molecular weight is 628 g/mol. The van der Waals surface area contributed by atoms with E-state index in [0.717, 1.165) is 17.1 Å². The molecule has 0 amide bonds. The second-order valence-electron chi connectivity index (χ2n) is 12.5. The average Bonchev–Trinajstić information content (AvgIpc) is 3.54. The zero-order valence-electron chi connectivity index (χ0n) is 26.1. The molecule has 0 unspecified atom stereocenters. The maximum Gasteiger partial charge on any atom is 0.0468 e. The zero-order chi connectivity index (χ0) is 31.6. The number of thiophene rings is 1. The van der Waals surface area contributed by atoms with Gasteiger partial charge in [-0.2, -0.15) is 0 Å². The van der Waals surface area contributed by atoms with Gasteiger partial charge < -0.3 is 4.90 Å². The van der Waals surface area contributed by atoms with E-state index in [0.29, 0.717) is 0 Å². The second-order valence-corrected chi connectivity index (χ2v) is 13.6. The van der Waals surface area contributed by atoms with Crippen LogP contribution in [-0.4, -0.2) is 0 Å². The molecule has 1 aromatic heterocycles. The molecule has 2 heteroatoms. The molecule has 0 spiro atoms. The fourth-order valence-corrected chi connectivity index (χ4v) is 8.67. The molecule has 10 rings (SSSR count). The van der Waals surface area contributed by atoms with Gasteiger partial charge in [-0.1, -0.05) is 127 Å². The number of fused-ring (bicyclic) bond motifs is 10. The van der Waals surface area contributed by atoms with Gasteiger partial charge in [0.25, 0.3) is 0 Å². The first-order valence-corrected chi connectivity index (χ1v) is 17.2. The highest BCUT2D eigenvalue weighted by Crippen LogP contribution is 2.43. The van der Waals surface area contributed by atoms with Gasteiger partial charge in [0, 0.05) is 37.2 Å². The minimum atomic E-state index is 1.13. The van der Waals surface area contributed by atoms with E-state index >= 15 is 0 Å². The molecular formula is C46H29NS. The monoisotopic (exact) mass is 627 g/mol. The van der Waals surface area contributed by atoms with Crippen LogP contribution in [-0.2, 0) is 0 Å². The van der Waals surface area contributed by atoms with Crippen LogP contribution in [0.3, 0.4) is 0 Å². The minimum Gasteiger partial charge on any atom is -0.310 e.